The fourth-order valence-electron chi connectivity index (χ4n) is 4.03. The molecule has 0 aliphatic carbocycles. The average Bonchev–Trinajstić information content (AvgIpc) is 3.22. The summed E-state index contributed by atoms with van der Waals surface area (Å²) >= 11 is 0. The van der Waals surface area contributed by atoms with Crippen LogP contribution in [0.1, 0.15) is 10.5 Å². The third-order valence-corrected chi connectivity index (χ3v) is 5.70. The van der Waals surface area contributed by atoms with E-state index in [4.69, 9.17) is 4.74 Å². The maximum absolute atomic E-state index is 14.4. The minimum Gasteiger partial charge on any atom is -0.489 e. The summed E-state index contributed by atoms with van der Waals surface area (Å²) in [5.74, 6) is -1.71. The van der Waals surface area contributed by atoms with E-state index in [2.05, 4.69) is 10.3 Å². The first-order chi connectivity index (χ1) is 15.9. The van der Waals surface area contributed by atoms with Gasteiger partial charge in [-0.25, -0.2) is 8.78 Å². The molecule has 5 rings (SSSR count). The summed E-state index contributed by atoms with van der Waals surface area (Å²) in [5.41, 5.74) is 1.31. The Balaban J connectivity index is 1.45. The quantitative estimate of drug-likeness (QED) is 0.493. The molecule has 0 spiro atoms. The minimum absolute atomic E-state index is 0.0299. The van der Waals surface area contributed by atoms with Gasteiger partial charge in [-0.3, -0.25) is 9.59 Å². The highest BCUT2D eigenvalue weighted by atomic mass is 19.1. The normalized spacial score (nSPS) is 15.7. The molecule has 3 aromatic carbocycles. The number of nitrogens with zero attached hydrogens (tertiary/aromatic N) is 1. The molecule has 1 aliphatic heterocycles. The SMILES string of the molecule is CN1C(=O)[C@@H](NC(=O)c2cc3cccc(-c4c(F)cccc4F)c3[nH]2)COc2ccccc21. The van der Waals surface area contributed by atoms with Gasteiger partial charge in [0.2, 0.25) is 0 Å². The Morgan fingerprint density at radius 3 is 2.58 bits per heavy atom. The Labute approximate surface area is 187 Å². The molecular formula is C25H19F2N3O3. The number of carbonyl (C=O) groups is 2. The van der Waals surface area contributed by atoms with E-state index in [1.54, 1.807) is 55.6 Å². The summed E-state index contributed by atoms with van der Waals surface area (Å²) in [4.78, 5) is 30.3. The molecule has 2 amide bonds. The monoisotopic (exact) mass is 447 g/mol. The van der Waals surface area contributed by atoms with E-state index >= 15 is 0 Å². The van der Waals surface area contributed by atoms with Crippen LogP contribution in [0.5, 0.6) is 5.75 Å². The number of benzene rings is 3. The van der Waals surface area contributed by atoms with E-state index in [9.17, 15) is 18.4 Å². The molecule has 0 saturated carbocycles. The van der Waals surface area contributed by atoms with Gasteiger partial charge in [0, 0.05) is 18.0 Å². The standard InChI is InChI=1S/C25H19F2N3O3/c1-30-20-10-2-3-11-21(20)33-13-19(25(30)32)29-24(31)18-12-14-6-4-7-15(23(14)28-18)22-16(26)8-5-9-17(22)27/h2-12,19,28H,13H2,1H3,(H,29,31)/t19-/m0/s1. The van der Waals surface area contributed by atoms with Gasteiger partial charge >= 0.3 is 0 Å². The van der Waals surface area contributed by atoms with Crippen molar-refractivity contribution in [2.45, 2.75) is 6.04 Å². The molecular weight excluding hydrogens is 428 g/mol. The molecule has 6 nitrogen and oxygen atoms in total. The van der Waals surface area contributed by atoms with Crippen molar-refractivity contribution in [2.24, 2.45) is 0 Å². The lowest BCUT2D eigenvalue weighted by atomic mass is 10.0. The number of hydrogen-bond donors (Lipinski definition) is 2. The zero-order valence-corrected chi connectivity index (χ0v) is 17.6. The molecule has 0 radical (unpaired) electrons. The lowest BCUT2D eigenvalue weighted by Crippen LogP contribution is -2.49. The summed E-state index contributed by atoms with van der Waals surface area (Å²) in [6.07, 6.45) is 0. The van der Waals surface area contributed by atoms with Gasteiger partial charge in [0.25, 0.3) is 11.8 Å². The second-order valence-electron chi connectivity index (χ2n) is 7.75. The lowest BCUT2D eigenvalue weighted by Gasteiger charge is -2.20. The van der Waals surface area contributed by atoms with Crippen LogP contribution in [0.4, 0.5) is 14.5 Å². The van der Waals surface area contributed by atoms with Gasteiger partial charge < -0.3 is 19.9 Å². The number of hydrogen-bond acceptors (Lipinski definition) is 3. The highest BCUT2D eigenvalue weighted by molar-refractivity contribution is 6.05. The number of aromatic nitrogens is 1. The molecule has 33 heavy (non-hydrogen) atoms. The molecule has 2 heterocycles. The van der Waals surface area contributed by atoms with E-state index in [0.29, 0.717) is 27.9 Å². The number of fused-ring (bicyclic) bond motifs is 2. The molecule has 0 bridgehead atoms. The first-order valence-electron chi connectivity index (χ1n) is 10.3. The topological polar surface area (TPSA) is 74.4 Å². The molecule has 1 aliphatic rings. The molecule has 0 fully saturated rings. The molecule has 0 saturated heterocycles. The number of amides is 2. The summed E-state index contributed by atoms with van der Waals surface area (Å²) < 4.78 is 34.5. The molecule has 166 valence electrons. The highest BCUT2D eigenvalue weighted by Gasteiger charge is 2.31. The Morgan fingerprint density at radius 1 is 1.06 bits per heavy atom. The van der Waals surface area contributed by atoms with Crippen LogP contribution in [0.2, 0.25) is 0 Å². The second kappa shape index (κ2) is 8.05. The number of H-pyrrole nitrogens is 1. The Kier molecular flexibility index (Phi) is 5.05. The zero-order valence-electron chi connectivity index (χ0n) is 17.6. The molecule has 4 aromatic rings. The van der Waals surface area contributed by atoms with Gasteiger partial charge in [-0.05, 0) is 30.3 Å². The van der Waals surface area contributed by atoms with Crippen molar-refractivity contribution in [3.63, 3.8) is 0 Å². The number of rotatable bonds is 3. The van der Waals surface area contributed by atoms with Crippen molar-refractivity contribution in [3.8, 4) is 16.9 Å². The molecule has 1 atom stereocenters. The number of likely N-dealkylation sites (N-methyl/N-ethyl adjacent to an activating group) is 1. The van der Waals surface area contributed by atoms with Crippen molar-refractivity contribution < 1.29 is 23.1 Å². The van der Waals surface area contributed by atoms with Crippen LogP contribution in [0.3, 0.4) is 0 Å². The van der Waals surface area contributed by atoms with Crippen molar-refractivity contribution in [1.29, 1.82) is 0 Å². The van der Waals surface area contributed by atoms with Crippen LogP contribution < -0.4 is 15.0 Å². The maximum atomic E-state index is 14.4. The van der Waals surface area contributed by atoms with Gasteiger partial charge in [-0.15, -0.1) is 0 Å². The van der Waals surface area contributed by atoms with Crippen molar-refractivity contribution >= 4 is 28.4 Å². The Morgan fingerprint density at radius 2 is 1.79 bits per heavy atom. The predicted octanol–water partition coefficient (Wildman–Crippen LogP) is 4.27. The third-order valence-electron chi connectivity index (χ3n) is 5.70. The Hall–Kier alpha value is -4.20. The van der Waals surface area contributed by atoms with Gasteiger partial charge in [-0.1, -0.05) is 36.4 Å². The second-order valence-corrected chi connectivity index (χ2v) is 7.75. The lowest BCUT2D eigenvalue weighted by molar-refractivity contribution is -0.120. The number of aromatic amines is 1. The smallest absolute Gasteiger partial charge is 0.268 e. The van der Waals surface area contributed by atoms with Gasteiger partial charge in [0.15, 0.2) is 0 Å². The van der Waals surface area contributed by atoms with Crippen LogP contribution >= 0.6 is 0 Å². The molecule has 1 aromatic heterocycles. The highest BCUT2D eigenvalue weighted by Crippen LogP contribution is 2.33. The summed E-state index contributed by atoms with van der Waals surface area (Å²) in [6, 6.07) is 16.4. The van der Waals surface area contributed by atoms with E-state index in [-0.39, 0.29) is 23.8 Å². The van der Waals surface area contributed by atoms with E-state index in [1.165, 1.54) is 23.1 Å². The van der Waals surface area contributed by atoms with Crippen LogP contribution in [-0.2, 0) is 4.79 Å². The van der Waals surface area contributed by atoms with E-state index in [1.807, 2.05) is 0 Å². The largest absolute Gasteiger partial charge is 0.489 e. The summed E-state index contributed by atoms with van der Waals surface area (Å²) in [6.45, 7) is -0.0299. The van der Waals surface area contributed by atoms with Crippen molar-refractivity contribution in [1.82, 2.24) is 10.3 Å². The summed E-state index contributed by atoms with van der Waals surface area (Å²) in [5, 5.41) is 3.30. The van der Waals surface area contributed by atoms with Gasteiger partial charge in [-0.2, -0.15) is 0 Å². The van der Waals surface area contributed by atoms with Crippen LogP contribution in [0.25, 0.3) is 22.0 Å². The maximum Gasteiger partial charge on any atom is 0.268 e. The molecule has 8 heteroatoms. The molecule has 0 unspecified atom stereocenters. The minimum atomic E-state index is -0.912. The Bertz CT molecular complexity index is 1380. The number of anilines is 1. The van der Waals surface area contributed by atoms with Gasteiger partial charge in [0.05, 0.1) is 16.8 Å². The van der Waals surface area contributed by atoms with E-state index < -0.39 is 23.6 Å². The number of ether oxygens (including phenoxy) is 1. The first-order valence-corrected chi connectivity index (χ1v) is 10.3. The first kappa shape index (κ1) is 20.7. The van der Waals surface area contributed by atoms with E-state index in [0.717, 1.165) is 0 Å². The van der Waals surface area contributed by atoms with Crippen molar-refractivity contribution in [2.75, 3.05) is 18.6 Å². The number of para-hydroxylation sites is 3. The average molecular weight is 447 g/mol. The number of carbonyl (C=O) groups excluding carboxylic acids is 2. The van der Waals surface area contributed by atoms with Crippen LogP contribution in [0, 0.1) is 11.6 Å². The summed E-state index contributed by atoms with van der Waals surface area (Å²) in [7, 11) is 1.62. The predicted molar refractivity (Wildman–Crippen MR) is 120 cm³/mol. The number of nitrogens with one attached hydrogen (secondary N) is 2. The zero-order chi connectivity index (χ0) is 23.1. The van der Waals surface area contributed by atoms with Crippen LogP contribution in [0.15, 0.2) is 66.7 Å². The van der Waals surface area contributed by atoms with Crippen molar-refractivity contribution in [3.05, 3.63) is 84.1 Å². The fraction of sp³-hybridized carbons (Fsp3) is 0.120. The third kappa shape index (κ3) is 3.59. The van der Waals surface area contributed by atoms with Gasteiger partial charge in [0.1, 0.15) is 35.7 Å². The fourth-order valence-corrected chi connectivity index (χ4v) is 4.03. The van der Waals surface area contributed by atoms with Crippen LogP contribution in [-0.4, -0.2) is 36.5 Å². The number of halogens is 2. The molecule has 2 N–H and O–H groups in total.